The van der Waals surface area contributed by atoms with Crippen molar-refractivity contribution >= 4 is 16.5 Å². The van der Waals surface area contributed by atoms with Crippen LogP contribution in [0, 0.1) is 0 Å². The summed E-state index contributed by atoms with van der Waals surface area (Å²) in [6.07, 6.45) is 1.35. The molecule has 0 unspecified atom stereocenters. The van der Waals surface area contributed by atoms with E-state index in [0.717, 1.165) is 5.82 Å². The molecule has 0 aliphatic heterocycles. The van der Waals surface area contributed by atoms with Crippen LogP contribution in [0.3, 0.4) is 0 Å². The van der Waals surface area contributed by atoms with E-state index >= 15 is 0 Å². The van der Waals surface area contributed by atoms with Crippen LogP contribution in [0.15, 0.2) is 23.2 Å². The highest BCUT2D eigenvalue weighted by Gasteiger charge is 1.97. The molecule has 0 aromatic carbocycles. The Morgan fingerprint density at radius 2 is 2.00 bits per heavy atom. The molecule has 1 heterocycles. The SMILES string of the molecule is CN(C)c1ccc([SH](=O)=O)cn1. The van der Waals surface area contributed by atoms with Crippen LogP contribution in [0.4, 0.5) is 5.82 Å². The monoisotopic (exact) mass is 186 g/mol. The van der Waals surface area contributed by atoms with Crippen LogP contribution in [-0.2, 0) is 10.7 Å². The summed E-state index contributed by atoms with van der Waals surface area (Å²) in [7, 11) is 1.18. The summed E-state index contributed by atoms with van der Waals surface area (Å²) < 4.78 is 20.9. The lowest BCUT2D eigenvalue weighted by Gasteiger charge is -2.09. The maximum Gasteiger partial charge on any atom is 0.169 e. The smallest absolute Gasteiger partial charge is 0.169 e. The second-order valence-corrected chi connectivity index (χ2v) is 3.56. The molecule has 0 fully saturated rings. The number of nitrogens with zero attached hydrogens (tertiary/aromatic N) is 2. The van der Waals surface area contributed by atoms with Crippen molar-refractivity contribution in [1.82, 2.24) is 4.98 Å². The van der Waals surface area contributed by atoms with E-state index in [0.29, 0.717) is 0 Å². The largest absolute Gasteiger partial charge is 0.363 e. The lowest BCUT2D eigenvalue weighted by atomic mass is 10.4. The first-order valence-corrected chi connectivity index (χ1v) is 4.57. The molecule has 0 spiro atoms. The molecule has 4 nitrogen and oxygen atoms in total. The number of hydrogen-bond acceptors (Lipinski definition) is 4. The fourth-order valence-electron chi connectivity index (χ4n) is 0.751. The van der Waals surface area contributed by atoms with Crippen LogP contribution in [0.25, 0.3) is 0 Å². The fraction of sp³-hybridized carbons (Fsp3) is 0.286. The average molecular weight is 186 g/mol. The van der Waals surface area contributed by atoms with Gasteiger partial charge in [0, 0.05) is 20.3 Å². The summed E-state index contributed by atoms with van der Waals surface area (Å²) in [6.45, 7) is 0. The molecule has 0 bridgehead atoms. The van der Waals surface area contributed by atoms with Gasteiger partial charge in [-0.2, -0.15) is 0 Å². The van der Waals surface area contributed by atoms with E-state index in [1.165, 1.54) is 12.3 Å². The molecule has 0 radical (unpaired) electrons. The zero-order valence-electron chi connectivity index (χ0n) is 6.89. The van der Waals surface area contributed by atoms with E-state index in [2.05, 4.69) is 4.98 Å². The number of thiol groups is 1. The first-order chi connectivity index (χ1) is 5.61. The number of rotatable bonds is 2. The van der Waals surface area contributed by atoms with E-state index < -0.39 is 10.7 Å². The minimum Gasteiger partial charge on any atom is -0.363 e. The second-order valence-electron chi connectivity index (χ2n) is 2.53. The van der Waals surface area contributed by atoms with Gasteiger partial charge in [-0.1, -0.05) is 0 Å². The summed E-state index contributed by atoms with van der Waals surface area (Å²) in [6, 6.07) is 3.20. The van der Waals surface area contributed by atoms with Crippen LogP contribution in [0.1, 0.15) is 0 Å². The molecule has 0 atom stereocenters. The van der Waals surface area contributed by atoms with E-state index in [1.54, 1.807) is 6.07 Å². The minimum atomic E-state index is -2.51. The molecule has 0 saturated carbocycles. The van der Waals surface area contributed by atoms with Crippen LogP contribution >= 0.6 is 0 Å². The number of pyridine rings is 1. The van der Waals surface area contributed by atoms with Crippen LogP contribution in [-0.4, -0.2) is 27.5 Å². The third-order valence-corrected chi connectivity index (χ3v) is 2.09. The van der Waals surface area contributed by atoms with Crippen molar-refractivity contribution in [2.24, 2.45) is 0 Å². The first-order valence-electron chi connectivity index (χ1n) is 3.39. The summed E-state index contributed by atoms with van der Waals surface area (Å²) in [5, 5.41) is 0. The third kappa shape index (κ3) is 1.94. The van der Waals surface area contributed by atoms with Gasteiger partial charge in [0.25, 0.3) is 0 Å². The Balaban J connectivity index is 3.01. The summed E-state index contributed by atoms with van der Waals surface area (Å²) in [4.78, 5) is 5.99. The minimum absolute atomic E-state index is 0.246. The van der Waals surface area contributed by atoms with Crippen LogP contribution in [0.2, 0.25) is 0 Å². The Kier molecular flexibility index (Phi) is 2.65. The summed E-state index contributed by atoms with van der Waals surface area (Å²) in [5.41, 5.74) is 0. The quantitative estimate of drug-likeness (QED) is 0.666. The standard InChI is InChI=1S/C7H10N2O2S/c1-9(2)7-4-3-6(5-8-7)12(10)11/h3-5,12H,1-2H3. The van der Waals surface area contributed by atoms with Gasteiger partial charge in [0.15, 0.2) is 10.7 Å². The molecule has 1 aromatic rings. The van der Waals surface area contributed by atoms with E-state index in [1.807, 2.05) is 19.0 Å². The Morgan fingerprint density at radius 1 is 1.33 bits per heavy atom. The van der Waals surface area contributed by atoms with E-state index in [4.69, 9.17) is 0 Å². The van der Waals surface area contributed by atoms with Gasteiger partial charge in [-0.05, 0) is 12.1 Å². The zero-order valence-corrected chi connectivity index (χ0v) is 7.78. The normalized spacial score (nSPS) is 10.2. The molecule has 1 aromatic heterocycles. The Labute approximate surface area is 72.8 Å². The van der Waals surface area contributed by atoms with Gasteiger partial charge in [-0.15, -0.1) is 0 Å². The topological polar surface area (TPSA) is 50.3 Å². The van der Waals surface area contributed by atoms with Crippen molar-refractivity contribution in [2.75, 3.05) is 19.0 Å². The highest BCUT2D eigenvalue weighted by Crippen LogP contribution is 2.07. The first kappa shape index (κ1) is 8.99. The van der Waals surface area contributed by atoms with Crippen molar-refractivity contribution in [3.63, 3.8) is 0 Å². The Bertz CT molecular complexity index is 322. The Hall–Kier alpha value is -1.10. The average Bonchev–Trinajstić information content (AvgIpc) is 2.04. The van der Waals surface area contributed by atoms with Gasteiger partial charge < -0.3 is 4.90 Å². The van der Waals surface area contributed by atoms with Crippen molar-refractivity contribution in [3.8, 4) is 0 Å². The van der Waals surface area contributed by atoms with E-state index in [9.17, 15) is 8.42 Å². The van der Waals surface area contributed by atoms with Crippen LogP contribution < -0.4 is 4.90 Å². The predicted molar refractivity (Wildman–Crippen MR) is 47.1 cm³/mol. The van der Waals surface area contributed by atoms with E-state index in [-0.39, 0.29) is 4.90 Å². The predicted octanol–water partition coefficient (Wildman–Crippen LogP) is 0.118. The van der Waals surface area contributed by atoms with Gasteiger partial charge in [0.05, 0.1) is 4.90 Å². The lowest BCUT2D eigenvalue weighted by molar-refractivity contribution is 0.614. The fourth-order valence-corrected chi connectivity index (χ4v) is 1.10. The molecular formula is C7H10N2O2S. The van der Waals surface area contributed by atoms with Crippen molar-refractivity contribution in [1.29, 1.82) is 0 Å². The van der Waals surface area contributed by atoms with Gasteiger partial charge in [0.2, 0.25) is 0 Å². The molecule has 0 aliphatic rings. The molecule has 5 heteroatoms. The van der Waals surface area contributed by atoms with Gasteiger partial charge >= 0.3 is 0 Å². The molecule has 66 valence electrons. The second kappa shape index (κ2) is 3.53. The van der Waals surface area contributed by atoms with Crippen molar-refractivity contribution in [2.45, 2.75) is 4.90 Å². The summed E-state index contributed by atoms with van der Waals surface area (Å²) in [5.74, 6) is 0.746. The number of hydrogen-bond donors (Lipinski definition) is 1. The van der Waals surface area contributed by atoms with Gasteiger partial charge in [-0.3, -0.25) is 0 Å². The number of anilines is 1. The summed E-state index contributed by atoms with van der Waals surface area (Å²) >= 11 is 0. The maximum atomic E-state index is 10.5. The highest BCUT2D eigenvalue weighted by atomic mass is 32.2. The molecule has 1 rings (SSSR count). The number of aromatic nitrogens is 1. The lowest BCUT2D eigenvalue weighted by Crippen LogP contribution is -2.10. The van der Waals surface area contributed by atoms with Crippen molar-refractivity contribution < 1.29 is 8.42 Å². The molecule has 12 heavy (non-hydrogen) atoms. The van der Waals surface area contributed by atoms with Crippen LogP contribution in [0.5, 0.6) is 0 Å². The zero-order chi connectivity index (χ0) is 9.14. The van der Waals surface area contributed by atoms with Gasteiger partial charge in [-0.25, -0.2) is 13.4 Å². The van der Waals surface area contributed by atoms with Crippen molar-refractivity contribution in [3.05, 3.63) is 18.3 Å². The third-order valence-electron chi connectivity index (χ3n) is 1.40. The molecule has 0 saturated heterocycles. The van der Waals surface area contributed by atoms with Gasteiger partial charge in [0.1, 0.15) is 5.82 Å². The highest BCUT2D eigenvalue weighted by molar-refractivity contribution is 7.72. The molecular weight excluding hydrogens is 176 g/mol. The maximum absolute atomic E-state index is 10.5. The molecule has 0 N–H and O–H groups in total. The molecule has 0 aliphatic carbocycles. The molecule has 0 amide bonds. The Morgan fingerprint density at radius 3 is 2.33 bits per heavy atom.